The maximum Gasteiger partial charge on any atom is 0.220 e. The van der Waals surface area contributed by atoms with Crippen molar-refractivity contribution >= 4 is 0 Å². The predicted molar refractivity (Wildman–Crippen MR) is 77.5 cm³/mol. The standard InChI is InChI=1S/C16H15FN4O/c1-22-16-13-9-21(5-4-15(13)19-10-20-16)8-12-6-11(7-18)2-3-14(12)17/h2-3,6,10H,4-5,8-9H2,1H3. The summed E-state index contributed by atoms with van der Waals surface area (Å²) in [7, 11) is 1.58. The van der Waals surface area contributed by atoms with Crippen LogP contribution < -0.4 is 4.74 Å². The maximum absolute atomic E-state index is 13.9. The Labute approximate surface area is 128 Å². The second kappa shape index (κ2) is 6.08. The summed E-state index contributed by atoms with van der Waals surface area (Å²) in [5.41, 5.74) is 2.93. The van der Waals surface area contributed by atoms with E-state index < -0.39 is 0 Å². The van der Waals surface area contributed by atoms with Crippen molar-refractivity contribution < 1.29 is 9.13 Å². The van der Waals surface area contributed by atoms with Crippen LogP contribution in [-0.4, -0.2) is 28.5 Å². The number of nitriles is 1. The zero-order valence-electron chi connectivity index (χ0n) is 12.2. The van der Waals surface area contributed by atoms with E-state index >= 15 is 0 Å². The molecule has 2 heterocycles. The highest BCUT2D eigenvalue weighted by molar-refractivity contribution is 5.35. The largest absolute Gasteiger partial charge is 0.481 e. The van der Waals surface area contributed by atoms with Crippen LogP contribution in [0.3, 0.4) is 0 Å². The van der Waals surface area contributed by atoms with Crippen molar-refractivity contribution in [1.29, 1.82) is 5.26 Å². The summed E-state index contributed by atoms with van der Waals surface area (Å²) in [6.45, 7) is 1.83. The highest BCUT2D eigenvalue weighted by atomic mass is 19.1. The molecular formula is C16H15FN4O. The zero-order valence-corrected chi connectivity index (χ0v) is 12.2. The van der Waals surface area contributed by atoms with E-state index in [9.17, 15) is 4.39 Å². The van der Waals surface area contributed by atoms with Crippen molar-refractivity contribution in [1.82, 2.24) is 14.9 Å². The molecule has 6 heteroatoms. The number of aromatic nitrogens is 2. The smallest absolute Gasteiger partial charge is 0.220 e. The number of ether oxygens (including phenoxy) is 1. The van der Waals surface area contributed by atoms with Crippen molar-refractivity contribution in [3.8, 4) is 11.9 Å². The Morgan fingerprint density at radius 1 is 1.41 bits per heavy atom. The minimum atomic E-state index is -0.291. The summed E-state index contributed by atoms with van der Waals surface area (Å²) in [5, 5.41) is 8.94. The molecule has 1 aromatic carbocycles. The van der Waals surface area contributed by atoms with E-state index in [1.165, 1.54) is 18.5 Å². The van der Waals surface area contributed by atoms with Gasteiger partial charge in [-0.05, 0) is 18.2 Å². The molecule has 0 N–H and O–H groups in total. The molecule has 0 saturated heterocycles. The summed E-state index contributed by atoms with van der Waals surface area (Å²) in [6.07, 6.45) is 2.27. The van der Waals surface area contributed by atoms with Crippen LogP contribution in [0.5, 0.6) is 5.88 Å². The van der Waals surface area contributed by atoms with Crippen molar-refractivity contribution in [2.45, 2.75) is 19.5 Å². The number of hydrogen-bond donors (Lipinski definition) is 0. The Hall–Kier alpha value is -2.52. The molecule has 0 spiro atoms. The molecule has 0 bridgehead atoms. The van der Waals surface area contributed by atoms with Gasteiger partial charge in [-0.3, -0.25) is 4.90 Å². The normalized spacial score (nSPS) is 14.2. The molecule has 0 atom stereocenters. The topological polar surface area (TPSA) is 62.0 Å². The van der Waals surface area contributed by atoms with Gasteiger partial charge < -0.3 is 4.74 Å². The summed E-state index contributed by atoms with van der Waals surface area (Å²) in [5.74, 6) is 0.280. The average molecular weight is 298 g/mol. The van der Waals surface area contributed by atoms with Gasteiger partial charge >= 0.3 is 0 Å². The van der Waals surface area contributed by atoms with Crippen LogP contribution in [0.2, 0.25) is 0 Å². The van der Waals surface area contributed by atoms with Gasteiger partial charge in [0, 0.05) is 37.2 Å². The summed E-state index contributed by atoms with van der Waals surface area (Å²) in [6, 6.07) is 6.47. The molecule has 1 aliphatic heterocycles. The lowest BCUT2D eigenvalue weighted by molar-refractivity contribution is 0.233. The summed E-state index contributed by atoms with van der Waals surface area (Å²) < 4.78 is 19.2. The van der Waals surface area contributed by atoms with Crippen molar-refractivity contribution in [3.63, 3.8) is 0 Å². The Balaban J connectivity index is 1.82. The number of rotatable bonds is 3. The first-order valence-corrected chi connectivity index (χ1v) is 6.99. The molecule has 0 unspecified atom stereocenters. The maximum atomic E-state index is 13.9. The lowest BCUT2D eigenvalue weighted by Gasteiger charge is -2.28. The van der Waals surface area contributed by atoms with Crippen molar-refractivity contribution in [2.24, 2.45) is 0 Å². The van der Waals surface area contributed by atoms with Gasteiger partial charge in [-0.1, -0.05) is 0 Å². The van der Waals surface area contributed by atoms with E-state index in [4.69, 9.17) is 10.00 Å². The van der Waals surface area contributed by atoms with E-state index in [2.05, 4.69) is 14.9 Å². The minimum absolute atomic E-state index is 0.291. The second-order valence-electron chi connectivity index (χ2n) is 5.19. The van der Waals surface area contributed by atoms with Crippen LogP contribution in [0, 0.1) is 17.1 Å². The Kier molecular flexibility index (Phi) is 3.98. The van der Waals surface area contributed by atoms with E-state index in [-0.39, 0.29) is 5.82 Å². The van der Waals surface area contributed by atoms with Gasteiger partial charge in [0.1, 0.15) is 12.1 Å². The molecule has 5 nitrogen and oxygen atoms in total. The molecule has 22 heavy (non-hydrogen) atoms. The number of methoxy groups -OCH3 is 1. The SMILES string of the molecule is COc1ncnc2c1CN(Cc1cc(C#N)ccc1F)CC2. The van der Waals surface area contributed by atoms with Crippen LogP contribution in [0.1, 0.15) is 22.4 Å². The number of halogens is 1. The lowest BCUT2D eigenvalue weighted by Crippen LogP contribution is -2.31. The third kappa shape index (κ3) is 2.76. The van der Waals surface area contributed by atoms with Crippen LogP contribution in [0.15, 0.2) is 24.5 Å². The Morgan fingerprint density at radius 2 is 2.27 bits per heavy atom. The molecule has 1 aromatic heterocycles. The summed E-state index contributed by atoms with van der Waals surface area (Å²) >= 11 is 0. The molecule has 0 radical (unpaired) electrons. The van der Waals surface area contributed by atoms with Crippen molar-refractivity contribution in [3.05, 3.63) is 52.7 Å². The minimum Gasteiger partial charge on any atom is -0.481 e. The third-order valence-electron chi connectivity index (χ3n) is 3.80. The van der Waals surface area contributed by atoms with E-state index in [1.54, 1.807) is 13.2 Å². The first-order chi connectivity index (χ1) is 10.7. The van der Waals surface area contributed by atoms with Crippen LogP contribution in [-0.2, 0) is 19.5 Å². The highest BCUT2D eigenvalue weighted by Crippen LogP contribution is 2.25. The molecule has 0 aliphatic carbocycles. The molecule has 3 rings (SSSR count). The Morgan fingerprint density at radius 3 is 3.05 bits per heavy atom. The second-order valence-corrected chi connectivity index (χ2v) is 5.19. The third-order valence-corrected chi connectivity index (χ3v) is 3.80. The zero-order chi connectivity index (χ0) is 15.5. The quantitative estimate of drug-likeness (QED) is 0.868. The van der Waals surface area contributed by atoms with Gasteiger partial charge in [-0.2, -0.15) is 5.26 Å². The first kappa shape index (κ1) is 14.4. The molecule has 0 amide bonds. The fourth-order valence-corrected chi connectivity index (χ4v) is 2.69. The fourth-order valence-electron chi connectivity index (χ4n) is 2.69. The van der Waals surface area contributed by atoms with E-state index in [1.807, 2.05) is 6.07 Å². The number of benzene rings is 1. The monoisotopic (exact) mass is 298 g/mol. The fraction of sp³-hybridized carbons (Fsp3) is 0.312. The molecule has 112 valence electrons. The van der Waals surface area contributed by atoms with E-state index in [0.29, 0.717) is 30.1 Å². The molecular weight excluding hydrogens is 283 g/mol. The van der Waals surface area contributed by atoms with Crippen molar-refractivity contribution in [2.75, 3.05) is 13.7 Å². The molecule has 0 fully saturated rings. The van der Waals surface area contributed by atoms with Gasteiger partial charge in [0.05, 0.1) is 24.4 Å². The Bertz CT molecular complexity index is 727. The predicted octanol–water partition coefficient (Wildman–Crippen LogP) is 2.05. The van der Waals surface area contributed by atoms with Crippen LogP contribution in [0.4, 0.5) is 4.39 Å². The molecule has 0 saturated carbocycles. The van der Waals surface area contributed by atoms with Gasteiger partial charge in [0.2, 0.25) is 5.88 Å². The van der Waals surface area contributed by atoms with Gasteiger partial charge in [-0.15, -0.1) is 0 Å². The molecule has 2 aromatic rings. The average Bonchev–Trinajstić information content (AvgIpc) is 2.56. The lowest BCUT2D eigenvalue weighted by atomic mass is 10.0. The highest BCUT2D eigenvalue weighted by Gasteiger charge is 2.22. The van der Waals surface area contributed by atoms with E-state index in [0.717, 1.165) is 24.2 Å². The number of nitrogens with zero attached hydrogens (tertiary/aromatic N) is 4. The number of fused-ring (bicyclic) bond motifs is 1. The van der Waals surface area contributed by atoms with Gasteiger partial charge in [0.25, 0.3) is 0 Å². The first-order valence-electron chi connectivity index (χ1n) is 6.99. The van der Waals surface area contributed by atoms with Crippen LogP contribution >= 0.6 is 0 Å². The van der Waals surface area contributed by atoms with Gasteiger partial charge in [0.15, 0.2) is 0 Å². The van der Waals surface area contributed by atoms with Gasteiger partial charge in [-0.25, -0.2) is 14.4 Å². The summed E-state index contributed by atoms with van der Waals surface area (Å²) in [4.78, 5) is 10.5. The van der Waals surface area contributed by atoms with Crippen LogP contribution in [0.25, 0.3) is 0 Å². The number of hydrogen-bond acceptors (Lipinski definition) is 5. The molecule has 1 aliphatic rings.